The van der Waals surface area contributed by atoms with Crippen LogP contribution < -0.4 is 4.74 Å². The topological polar surface area (TPSA) is 71.1 Å². The minimum Gasteiger partial charge on any atom is -0.490 e. The van der Waals surface area contributed by atoms with E-state index in [0.717, 1.165) is 24.0 Å². The second kappa shape index (κ2) is 8.61. The zero-order valence-corrected chi connectivity index (χ0v) is 18.0. The lowest BCUT2D eigenvalue weighted by Gasteiger charge is -2.19. The van der Waals surface area contributed by atoms with Crippen molar-refractivity contribution in [1.29, 1.82) is 0 Å². The number of fused-ring (bicyclic) bond motifs is 1. The molecule has 33 heavy (non-hydrogen) atoms. The molecule has 1 fully saturated rings. The number of nitrogens with zero attached hydrogens (tertiary/aromatic N) is 3. The minimum absolute atomic E-state index is 0.120. The molecule has 6 nitrogen and oxygen atoms in total. The fraction of sp³-hybridized carbons (Fsp3) is 0.240. The molecule has 168 valence electrons. The summed E-state index contributed by atoms with van der Waals surface area (Å²) in [6.07, 6.45) is 5.14. The van der Waals surface area contributed by atoms with Crippen LogP contribution in [0.5, 0.6) is 5.75 Å². The van der Waals surface area contributed by atoms with E-state index in [1.807, 2.05) is 6.07 Å². The quantitative estimate of drug-likeness (QED) is 0.430. The first-order valence-corrected chi connectivity index (χ1v) is 10.7. The highest BCUT2D eigenvalue weighted by molar-refractivity contribution is 5.96. The maximum atomic E-state index is 13.8. The number of benzene rings is 2. The summed E-state index contributed by atoms with van der Waals surface area (Å²) in [5, 5.41) is 7.47. The number of nitrogens with one attached hydrogen (secondary N) is 1. The number of ether oxygens (including phenoxy) is 1. The smallest absolute Gasteiger partial charge is 0.254 e. The minimum atomic E-state index is -0.688. The number of hydrogen-bond acceptors (Lipinski definition) is 4. The van der Waals surface area contributed by atoms with Crippen molar-refractivity contribution in [2.45, 2.75) is 32.2 Å². The number of halogens is 2. The maximum Gasteiger partial charge on any atom is 0.254 e. The number of H-pyrrole nitrogens is 1. The van der Waals surface area contributed by atoms with Crippen LogP contribution in [-0.2, 0) is 13.2 Å². The molecular formula is C25H22F2N4O2. The number of aromatic amines is 1. The van der Waals surface area contributed by atoms with Crippen LogP contribution in [0, 0.1) is 5.82 Å². The molecule has 1 aliphatic rings. The Morgan fingerprint density at radius 3 is 2.82 bits per heavy atom. The SMILES string of the molecule is CN(Cc1cnc(CF)c2cn[nH]c12)C(=O)c1ccc(-c2cccc(F)c2)c(OC2CC2)c1. The summed E-state index contributed by atoms with van der Waals surface area (Å²) in [6.45, 7) is -0.423. The van der Waals surface area contributed by atoms with E-state index in [1.165, 1.54) is 18.3 Å². The number of amides is 1. The molecule has 4 aromatic rings. The number of hydrogen-bond donors (Lipinski definition) is 1. The van der Waals surface area contributed by atoms with Crippen molar-refractivity contribution in [1.82, 2.24) is 20.1 Å². The molecule has 1 amide bonds. The molecule has 8 heteroatoms. The van der Waals surface area contributed by atoms with E-state index in [9.17, 15) is 13.6 Å². The number of carbonyl (C=O) groups is 1. The molecule has 0 spiro atoms. The molecule has 0 saturated heterocycles. The Balaban J connectivity index is 1.43. The van der Waals surface area contributed by atoms with E-state index in [-0.39, 0.29) is 24.4 Å². The maximum absolute atomic E-state index is 13.8. The van der Waals surface area contributed by atoms with Gasteiger partial charge in [0.1, 0.15) is 18.2 Å². The van der Waals surface area contributed by atoms with Crippen LogP contribution in [0.15, 0.2) is 54.9 Å². The number of alkyl halides is 1. The zero-order valence-electron chi connectivity index (χ0n) is 18.0. The summed E-state index contributed by atoms with van der Waals surface area (Å²) in [5.74, 6) is 0.0261. The lowest BCUT2D eigenvalue weighted by Crippen LogP contribution is -2.26. The first-order chi connectivity index (χ1) is 16.0. The van der Waals surface area contributed by atoms with Gasteiger partial charge in [-0.05, 0) is 48.7 Å². The third-order valence-electron chi connectivity index (χ3n) is 5.71. The normalized spacial score (nSPS) is 13.3. The summed E-state index contributed by atoms with van der Waals surface area (Å²) < 4.78 is 33.0. The van der Waals surface area contributed by atoms with Gasteiger partial charge in [0.05, 0.1) is 23.5 Å². The van der Waals surface area contributed by atoms with Crippen molar-refractivity contribution >= 4 is 16.8 Å². The van der Waals surface area contributed by atoms with E-state index >= 15 is 0 Å². The average molecular weight is 448 g/mol. The van der Waals surface area contributed by atoms with Gasteiger partial charge in [0.25, 0.3) is 5.91 Å². The highest BCUT2D eigenvalue weighted by atomic mass is 19.1. The van der Waals surface area contributed by atoms with E-state index in [4.69, 9.17) is 4.74 Å². The predicted molar refractivity (Wildman–Crippen MR) is 120 cm³/mol. The fourth-order valence-corrected chi connectivity index (χ4v) is 3.83. The van der Waals surface area contributed by atoms with Crippen LogP contribution in [0.25, 0.3) is 22.0 Å². The summed E-state index contributed by atoms with van der Waals surface area (Å²) in [4.78, 5) is 18.9. The largest absolute Gasteiger partial charge is 0.490 e. The standard InChI is InChI=1S/C25H22F2N4O2/c1-31(14-17-12-28-22(11-26)21-13-29-30-24(17)21)25(32)16-5-8-20(15-3-2-4-18(27)9-15)23(10-16)33-19-6-7-19/h2-5,8-10,12-13,19H,6-7,11,14H2,1H3,(H,29,30). The lowest BCUT2D eigenvalue weighted by molar-refractivity contribution is 0.0785. The van der Waals surface area contributed by atoms with Crippen LogP contribution in [-0.4, -0.2) is 39.1 Å². The first-order valence-electron chi connectivity index (χ1n) is 10.7. The Kier molecular flexibility index (Phi) is 5.50. The molecule has 2 heterocycles. The van der Waals surface area contributed by atoms with E-state index < -0.39 is 6.67 Å². The molecule has 1 saturated carbocycles. The Bertz CT molecular complexity index is 1330. The number of carbonyl (C=O) groups excluding carboxylic acids is 1. The molecule has 2 aromatic carbocycles. The van der Waals surface area contributed by atoms with Gasteiger partial charge in [-0.1, -0.05) is 12.1 Å². The van der Waals surface area contributed by atoms with Gasteiger partial charge in [-0.15, -0.1) is 0 Å². The van der Waals surface area contributed by atoms with Crippen LogP contribution in [0.3, 0.4) is 0 Å². The van der Waals surface area contributed by atoms with Crippen LogP contribution in [0.2, 0.25) is 0 Å². The van der Waals surface area contributed by atoms with Crippen molar-refractivity contribution < 1.29 is 18.3 Å². The Morgan fingerprint density at radius 1 is 1.21 bits per heavy atom. The summed E-state index contributed by atoms with van der Waals surface area (Å²) in [5.41, 5.74) is 3.61. The molecule has 1 aliphatic carbocycles. The monoisotopic (exact) mass is 448 g/mol. The second-order valence-corrected chi connectivity index (χ2v) is 8.22. The average Bonchev–Trinajstić information content (AvgIpc) is 3.49. The van der Waals surface area contributed by atoms with E-state index in [2.05, 4.69) is 15.2 Å². The van der Waals surface area contributed by atoms with Gasteiger partial charge in [0.15, 0.2) is 0 Å². The Morgan fingerprint density at radius 2 is 2.06 bits per heavy atom. The lowest BCUT2D eigenvalue weighted by atomic mass is 10.0. The molecule has 1 N–H and O–H groups in total. The third kappa shape index (κ3) is 4.28. The summed E-state index contributed by atoms with van der Waals surface area (Å²) in [7, 11) is 1.69. The first kappa shape index (κ1) is 21.1. The third-order valence-corrected chi connectivity index (χ3v) is 5.71. The molecular weight excluding hydrogens is 426 g/mol. The Hall–Kier alpha value is -3.81. The van der Waals surface area contributed by atoms with Crippen molar-refractivity contribution in [2.75, 3.05) is 7.05 Å². The van der Waals surface area contributed by atoms with E-state index in [1.54, 1.807) is 42.4 Å². The molecule has 0 unspecified atom stereocenters. The van der Waals surface area contributed by atoms with Gasteiger partial charge in [-0.25, -0.2) is 8.78 Å². The van der Waals surface area contributed by atoms with Crippen molar-refractivity contribution in [3.05, 3.63) is 77.5 Å². The van der Waals surface area contributed by atoms with Gasteiger partial charge < -0.3 is 9.64 Å². The van der Waals surface area contributed by atoms with Crippen molar-refractivity contribution in [3.63, 3.8) is 0 Å². The number of aromatic nitrogens is 3. The van der Waals surface area contributed by atoms with Crippen LogP contribution >= 0.6 is 0 Å². The van der Waals surface area contributed by atoms with E-state index in [0.29, 0.717) is 33.5 Å². The fourth-order valence-electron chi connectivity index (χ4n) is 3.83. The van der Waals surface area contributed by atoms with Crippen molar-refractivity contribution in [3.8, 4) is 16.9 Å². The van der Waals surface area contributed by atoms with Gasteiger partial charge >= 0.3 is 0 Å². The molecule has 2 aromatic heterocycles. The zero-order chi connectivity index (χ0) is 22.9. The van der Waals surface area contributed by atoms with Gasteiger partial charge in [0, 0.05) is 41.9 Å². The van der Waals surface area contributed by atoms with Crippen LogP contribution in [0.4, 0.5) is 8.78 Å². The second-order valence-electron chi connectivity index (χ2n) is 8.22. The van der Waals surface area contributed by atoms with Crippen LogP contribution in [0.1, 0.15) is 34.5 Å². The van der Waals surface area contributed by atoms with Gasteiger partial charge in [-0.3, -0.25) is 14.9 Å². The summed E-state index contributed by atoms with van der Waals surface area (Å²) in [6, 6.07) is 11.5. The van der Waals surface area contributed by atoms with Gasteiger partial charge in [0.2, 0.25) is 0 Å². The highest BCUT2D eigenvalue weighted by Gasteiger charge is 2.26. The predicted octanol–water partition coefficient (Wildman–Crippen LogP) is 5.05. The molecule has 0 aliphatic heterocycles. The van der Waals surface area contributed by atoms with Crippen molar-refractivity contribution in [2.24, 2.45) is 0 Å². The molecule has 5 rings (SSSR count). The number of pyridine rings is 1. The van der Waals surface area contributed by atoms with Gasteiger partial charge in [-0.2, -0.15) is 5.10 Å². The molecule has 0 radical (unpaired) electrons. The Labute approximate surface area is 189 Å². The summed E-state index contributed by atoms with van der Waals surface area (Å²) >= 11 is 0. The molecule has 0 atom stereocenters. The highest BCUT2D eigenvalue weighted by Crippen LogP contribution is 2.36. The molecule has 0 bridgehead atoms. The number of rotatable bonds is 7.